The number of ketones is 1. The first-order valence-electron chi connectivity index (χ1n) is 9.70. The molecule has 144 valence electrons. The molecule has 0 saturated carbocycles. The Balaban J connectivity index is 1.78. The van der Waals surface area contributed by atoms with Crippen LogP contribution in [0.25, 0.3) is 5.57 Å². The second kappa shape index (κ2) is 8.62. The van der Waals surface area contributed by atoms with Gasteiger partial charge in [0.1, 0.15) is 0 Å². The molecule has 1 aliphatic rings. The van der Waals surface area contributed by atoms with E-state index in [1.54, 1.807) is 6.08 Å². The predicted octanol–water partition coefficient (Wildman–Crippen LogP) is 6.98. The van der Waals surface area contributed by atoms with Crippen LogP contribution in [0.5, 0.6) is 0 Å². The molecule has 0 aromatic heterocycles. The minimum Gasteiger partial charge on any atom is -0.359 e. The lowest BCUT2D eigenvalue weighted by atomic mass is 9.76. The molecular formula is C26H22BrNO. The molecule has 0 amide bonds. The Morgan fingerprint density at radius 2 is 1.52 bits per heavy atom. The van der Waals surface area contributed by atoms with Gasteiger partial charge in [-0.25, -0.2) is 0 Å². The van der Waals surface area contributed by atoms with Gasteiger partial charge in [-0.3, -0.25) is 4.79 Å². The number of benzene rings is 3. The standard InChI is InChI=1S/C26H22BrNO/c1-18(28-23-10-6-3-7-11-23)26-24(20-12-14-22(27)15-13-20)16-21(17-25(26)29)19-8-4-2-5-9-19/h2-15,17,24,28H,16H2,1H3/t24-/m1/s1. The maximum absolute atomic E-state index is 13.3. The van der Waals surface area contributed by atoms with Crippen molar-refractivity contribution in [1.29, 1.82) is 0 Å². The van der Waals surface area contributed by atoms with Crippen molar-refractivity contribution in [2.45, 2.75) is 19.3 Å². The molecule has 1 atom stereocenters. The molecule has 0 bridgehead atoms. The number of nitrogens with one attached hydrogen (secondary N) is 1. The molecule has 1 N–H and O–H groups in total. The molecule has 3 aromatic rings. The molecule has 4 rings (SSSR count). The van der Waals surface area contributed by atoms with Crippen LogP contribution in [0.15, 0.2) is 107 Å². The molecule has 0 saturated heterocycles. The van der Waals surface area contributed by atoms with Gasteiger partial charge in [0, 0.05) is 27.3 Å². The first-order valence-corrected chi connectivity index (χ1v) is 10.5. The number of rotatable bonds is 4. The van der Waals surface area contributed by atoms with E-state index in [4.69, 9.17) is 0 Å². The fourth-order valence-electron chi connectivity index (χ4n) is 3.87. The van der Waals surface area contributed by atoms with E-state index < -0.39 is 0 Å². The Morgan fingerprint density at radius 1 is 0.897 bits per heavy atom. The molecule has 0 aliphatic heterocycles. The molecule has 0 unspecified atom stereocenters. The van der Waals surface area contributed by atoms with Gasteiger partial charge in [0.25, 0.3) is 0 Å². The van der Waals surface area contributed by atoms with E-state index in [0.717, 1.165) is 44.6 Å². The molecule has 3 aromatic carbocycles. The van der Waals surface area contributed by atoms with Gasteiger partial charge in [-0.2, -0.15) is 0 Å². The second-order valence-electron chi connectivity index (χ2n) is 7.24. The molecule has 3 heteroatoms. The fourth-order valence-corrected chi connectivity index (χ4v) is 4.14. The summed E-state index contributed by atoms with van der Waals surface area (Å²) in [6.45, 7) is 1.99. The average molecular weight is 444 g/mol. The van der Waals surface area contributed by atoms with Gasteiger partial charge in [-0.15, -0.1) is 0 Å². The monoisotopic (exact) mass is 443 g/mol. The highest BCUT2D eigenvalue weighted by Gasteiger charge is 2.30. The lowest BCUT2D eigenvalue weighted by Gasteiger charge is -2.28. The van der Waals surface area contributed by atoms with Crippen molar-refractivity contribution in [3.05, 3.63) is 118 Å². The maximum atomic E-state index is 13.3. The molecule has 1 aliphatic carbocycles. The van der Waals surface area contributed by atoms with Gasteiger partial charge >= 0.3 is 0 Å². The van der Waals surface area contributed by atoms with Gasteiger partial charge in [-0.05, 0) is 60.4 Å². The first-order chi connectivity index (χ1) is 14.1. The average Bonchev–Trinajstić information content (AvgIpc) is 2.75. The van der Waals surface area contributed by atoms with Crippen LogP contribution in [0.2, 0.25) is 0 Å². The summed E-state index contributed by atoms with van der Waals surface area (Å²) in [6, 6.07) is 28.4. The van der Waals surface area contributed by atoms with Crippen LogP contribution in [-0.4, -0.2) is 5.78 Å². The van der Waals surface area contributed by atoms with Crippen molar-refractivity contribution < 1.29 is 4.79 Å². The number of hydrogen-bond donors (Lipinski definition) is 1. The summed E-state index contributed by atoms with van der Waals surface area (Å²) >= 11 is 3.52. The van der Waals surface area contributed by atoms with Crippen molar-refractivity contribution in [3.63, 3.8) is 0 Å². The summed E-state index contributed by atoms with van der Waals surface area (Å²) in [4.78, 5) is 13.3. The van der Waals surface area contributed by atoms with Crippen molar-refractivity contribution in [2.24, 2.45) is 0 Å². The molecule has 0 fully saturated rings. The number of carbonyl (C=O) groups excluding carboxylic acids is 1. The first kappa shape index (κ1) is 19.4. The van der Waals surface area contributed by atoms with Crippen LogP contribution in [0, 0.1) is 0 Å². The van der Waals surface area contributed by atoms with E-state index in [1.165, 1.54) is 0 Å². The minimum absolute atomic E-state index is 0.00650. The van der Waals surface area contributed by atoms with E-state index in [-0.39, 0.29) is 11.7 Å². The molecule has 0 heterocycles. The highest BCUT2D eigenvalue weighted by molar-refractivity contribution is 9.10. The van der Waals surface area contributed by atoms with Gasteiger partial charge in [0.05, 0.1) is 0 Å². The van der Waals surface area contributed by atoms with Crippen molar-refractivity contribution in [1.82, 2.24) is 0 Å². The summed E-state index contributed by atoms with van der Waals surface area (Å²) in [6.07, 6.45) is 2.59. The van der Waals surface area contributed by atoms with E-state index in [2.05, 4.69) is 45.5 Å². The third-order valence-corrected chi connectivity index (χ3v) is 5.80. The van der Waals surface area contributed by atoms with Crippen LogP contribution < -0.4 is 5.32 Å². The highest BCUT2D eigenvalue weighted by Crippen LogP contribution is 2.41. The number of para-hydroxylation sites is 1. The Bertz CT molecular complexity index is 1070. The molecule has 29 heavy (non-hydrogen) atoms. The lowest BCUT2D eigenvalue weighted by Crippen LogP contribution is -2.20. The van der Waals surface area contributed by atoms with Crippen LogP contribution in [0.3, 0.4) is 0 Å². The number of anilines is 1. The third-order valence-electron chi connectivity index (χ3n) is 5.27. The number of allylic oxidation sites excluding steroid dienone is 4. The third kappa shape index (κ3) is 4.41. The van der Waals surface area contributed by atoms with Crippen LogP contribution in [0.1, 0.15) is 30.4 Å². The van der Waals surface area contributed by atoms with Gasteiger partial charge < -0.3 is 5.32 Å². The summed E-state index contributed by atoms with van der Waals surface area (Å²) in [5, 5.41) is 3.43. The van der Waals surface area contributed by atoms with Crippen molar-refractivity contribution >= 4 is 33.0 Å². The van der Waals surface area contributed by atoms with Crippen molar-refractivity contribution in [3.8, 4) is 0 Å². The summed E-state index contributed by atoms with van der Waals surface area (Å²) in [5.41, 5.74) is 6.05. The van der Waals surface area contributed by atoms with Gasteiger partial charge in [0.15, 0.2) is 5.78 Å². The second-order valence-corrected chi connectivity index (χ2v) is 8.15. The molecular weight excluding hydrogens is 422 g/mol. The molecule has 0 radical (unpaired) electrons. The zero-order valence-corrected chi connectivity index (χ0v) is 17.8. The highest BCUT2D eigenvalue weighted by atomic mass is 79.9. The van der Waals surface area contributed by atoms with Crippen LogP contribution in [-0.2, 0) is 4.79 Å². The predicted molar refractivity (Wildman–Crippen MR) is 124 cm³/mol. The lowest BCUT2D eigenvalue weighted by molar-refractivity contribution is -0.111. The maximum Gasteiger partial charge on any atom is 0.184 e. The zero-order chi connectivity index (χ0) is 20.2. The molecule has 2 nitrogen and oxygen atoms in total. The van der Waals surface area contributed by atoms with E-state index >= 15 is 0 Å². The number of halogens is 1. The van der Waals surface area contributed by atoms with E-state index in [9.17, 15) is 4.79 Å². The molecule has 0 spiro atoms. The quantitative estimate of drug-likeness (QED) is 0.440. The number of carbonyl (C=O) groups is 1. The SMILES string of the molecule is CC(Nc1ccccc1)=C1C(=O)C=C(c2ccccc2)C[C@@H]1c1ccc(Br)cc1. The summed E-state index contributed by atoms with van der Waals surface area (Å²) in [7, 11) is 0. The Labute approximate surface area is 180 Å². The summed E-state index contributed by atoms with van der Waals surface area (Å²) in [5.74, 6) is 0.0796. The topological polar surface area (TPSA) is 29.1 Å². The van der Waals surface area contributed by atoms with Gasteiger partial charge in [-0.1, -0.05) is 76.6 Å². The Kier molecular flexibility index (Phi) is 5.77. The summed E-state index contributed by atoms with van der Waals surface area (Å²) < 4.78 is 1.03. The number of hydrogen-bond acceptors (Lipinski definition) is 2. The normalized spacial score (nSPS) is 18.2. The van der Waals surface area contributed by atoms with Gasteiger partial charge in [0.2, 0.25) is 0 Å². The smallest absolute Gasteiger partial charge is 0.184 e. The minimum atomic E-state index is 0.00650. The Morgan fingerprint density at radius 3 is 2.17 bits per heavy atom. The van der Waals surface area contributed by atoms with Crippen LogP contribution in [0.4, 0.5) is 5.69 Å². The Hall–Kier alpha value is -2.91. The van der Waals surface area contributed by atoms with E-state index in [0.29, 0.717) is 0 Å². The van der Waals surface area contributed by atoms with Crippen LogP contribution >= 0.6 is 15.9 Å². The largest absolute Gasteiger partial charge is 0.359 e. The zero-order valence-electron chi connectivity index (χ0n) is 16.2. The van der Waals surface area contributed by atoms with E-state index in [1.807, 2.05) is 67.6 Å². The van der Waals surface area contributed by atoms with Crippen molar-refractivity contribution in [2.75, 3.05) is 5.32 Å². The fraction of sp³-hybridized carbons (Fsp3) is 0.115.